The molecule has 6 heterocycles. The van der Waals surface area contributed by atoms with Crippen molar-refractivity contribution in [2.45, 2.75) is 0 Å². The summed E-state index contributed by atoms with van der Waals surface area (Å²) in [5.74, 6) is 0. The van der Waals surface area contributed by atoms with E-state index in [0.717, 1.165) is 34.1 Å². The monoisotopic (exact) mass is 1300 g/mol. The van der Waals surface area contributed by atoms with Gasteiger partial charge in [-0.2, -0.15) is 0 Å². The van der Waals surface area contributed by atoms with Crippen molar-refractivity contribution >= 4 is 154 Å². The molecular weight excluding hydrogens is 1240 g/mol. The van der Waals surface area contributed by atoms with Crippen LogP contribution in [0.15, 0.2) is 376 Å². The second kappa shape index (κ2) is 23.0. The zero-order chi connectivity index (χ0) is 66.9. The Labute approximate surface area is 587 Å². The Hall–Kier alpha value is -13.7. The lowest BCUT2D eigenvalue weighted by Gasteiger charge is -2.25. The predicted octanol–water partition coefficient (Wildman–Crippen LogP) is 26.1. The van der Waals surface area contributed by atoms with Gasteiger partial charge in [0.15, 0.2) is 0 Å². The molecule has 0 fully saturated rings. The van der Waals surface area contributed by atoms with Gasteiger partial charge < -0.3 is 27.7 Å². The van der Waals surface area contributed by atoms with E-state index in [4.69, 9.17) is 0 Å². The fourth-order valence-electron chi connectivity index (χ4n) is 17.1. The summed E-state index contributed by atoms with van der Waals surface area (Å²) < 4.78 is 10.0. The standard InChI is InChI=1S/C66H42N4.C30H20N2/c1-7-21-43(22-8-1)59-61-55-35-19-33-53-52-40-38-50(68(47-29-15-5-16-30-47)48-31-17-6-18-32-48)42-58(52)70(63(53)55)66(61)60(44-23-9-2-10-24-44)62-56-36-20-34-54-51-39-37-49(41-57(51)69(64(54)56)65(59)62)67(45-25-11-3-12-26-45)46-27-13-4-14-28-46;1-3-11-21(12-4-1)31-27-17-9-7-15-23(27)25-20-30-26(19-29(25)31)24-16-8-10-18-28(24)32(30)22-13-5-2-6-14-22/h1-42H;1-20H. The van der Waals surface area contributed by atoms with Crippen LogP contribution in [0.25, 0.3) is 153 Å². The Balaban J connectivity index is 0.000000176. The first kappa shape index (κ1) is 57.4. The molecule has 0 saturated heterocycles. The van der Waals surface area contributed by atoms with Crippen molar-refractivity contribution in [2.75, 3.05) is 9.80 Å². The van der Waals surface area contributed by atoms with Crippen LogP contribution in [0.2, 0.25) is 0 Å². The summed E-state index contributed by atoms with van der Waals surface area (Å²) in [5.41, 5.74) is 26.1. The highest BCUT2D eigenvalue weighted by Crippen LogP contribution is 2.55. The molecule has 476 valence electrons. The molecule has 0 bridgehead atoms. The van der Waals surface area contributed by atoms with E-state index in [2.05, 4.69) is 404 Å². The molecule has 22 aromatic rings. The Morgan fingerprint density at radius 3 is 0.833 bits per heavy atom. The Morgan fingerprint density at radius 2 is 0.471 bits per heavy atom. The number of fused-ring (bicyclic) bond motifs is 18. The third-order valence-corrected chi connectivity index (χ3v) is 21.2. The fraction of sp³-hybridized carbons (Fsp3) is 0. The highest BCUT2D eigenvalue weighted by molar-refractivity contribution is 6.38. The van der Waals surface area contributed by atoms with Crippen molar-refractivity contribution in [3.63, 3.8) is 0 Å². The fourth-order valence-corrected chi connectivity index (χ4v) is 17.1. The van der Waals surface area contributed by atoms with Gasteiger partial charge in [0.1, 0.15) is 0 Å². The number of rotatable bonds is 10. The second-order valence-electron chi connectivity index (χ2n) is 26.7. The Morgan fingerprint density at radius 1 is 0.176 bits per heavy atom. The van der Waals surface area contributed by atoms with Crippen LogP contribution in [0, 0.1) is 0 Å². The number of nitrogens with zero attached hydrogens (tertiary/aromatic N) is 6. The van der Waals surface area contributed by atoms with Gasteiger partial charge in [0.25, 0.3) is 0 Å². The van der Waals surface area contributed by atoms with Crippen molar-refractivity contribution in [3.05, 3.63) is 376 Å². The summed E-state index contributed by atoms with van der Waals surface area (Å²) in [6.07, 6.45) is 0. The molecule has 0 spiro atoms. The number of aromatic nitrogens is 4. The summed E-state index contributed by atoms with van der Waals surface area (Å²) in [4.78, 5) is 4.75. The largest absolute Gasteiger partial charge is 0.310 e. The van der Waals surface area contributed by atoms with Crippen molar-refractivity contribution in [3.8, 4) is 33.6 Å². The molecule has 6 aromatic heterocycles. The van der Waals surface area contributed by atoms with E-state index in [1.807, 2.05) is 0 Å². The van der Waals surface area contributed by atoms with E-state index in [-0.39, 0.29) is 0 Å². The molecule has 0 N–H and O–H groups in total. The molecular formula is C96H62N6. The van der Waals surface area contributed by atoms with E-state index < -0.39 is 0 Å². The summed E-state index contributed by atoms with van der Waals surface area (Å²) in [6, 6.07) is 137. The lowest BCUT2D eigenvalue weighted by molar-refractivity contribution is 1.17. The minimum Gasteiger partial charge on any atom is -0.310 e. The van der Waals surface area contributed by atoms with Crippen molar-refractivity contribution in [2.24, 2.45) is 0 Å². The van der Waals surface area contributed by atoms with Crippen LogP contribution in [0.4, 0.5) is 34.1 Å². The molecule has 0 atom stereocenters. The van der Waals surface area contributed by atoms with Gasteiger partial charge >= 0.3 is 0 Å². The van der Waals surface area contributed by atoms with Gasteiger partial charge in [0.05, 0.1) is 55.2 Å². The Bertz CT molecular complexity index is 6440. The first-order chi connectivity index (χ1) is 50.7. The molecule has 0 amide bonds. The first-order valence-corrected chi connectivity index (χ1v) is 35.1. The van der Waals surface area contributed by atoms with Crippen LogP contribution in [-0.2, 0) is 0 Å². The third kappa shape index (κ3) is 8.60. The molecule has 0 aliphatic heterocycles. The normalized spacial score (nSPS) is 11.9. The molecule has 0 radical (unpaired) electrons. The van der Waals surface area contributed by atoms with E-state index in [1.165, 1.54) is 153 Å². The summed E-state index contributed by atoms with van der Waals surface area (Å²) in [5, 5.41) is 15.1. The summed E-state index contributed by atoms with van der Waals surface area (Å²) in [6.45, 7) is 0. The molecule has 6 nitrogen and oxygen atoms in total. The quantitative estimate of drug-likeness (QED) is 0.136. The van der Waals surface area contributed by atoms with Crippen LogP contribution in [0.3, 0.4) is 0 Å². The number of anilines is 6. The SMILES string of the molecule is c1ccc(-c2c3c4cccc5c6ccc(N(c7ccccc7)c7ccccc7)cc6n(c3c(-c3ccccc3)c3c6cccc7c8ccc(N(c9ccccc9)c9ccccc9)cc8n(c23)c76)c54)cc1.c1ccc(-n2c3ccccc3c3cc4c(cc32)c2ccccc2n4-c2ccccc2)cc1. The van der Waals surface area contributed by atoms with Gasteiger partial charge in [-0.15, -0.1) is 0 Å². The van der Waals surface area contributed by atoms with Crippen LogP contribution in [0.5, 0.6) is 0 Å². The molecule has 0 saturated carbocycles. The molecule has 16 aromatic carbocycles. The molecule has 0 aliphatic rings. The van der Waals surface area contributed by atoms with Crippen LogP contribution in [0.1, 0.15) is 0 Å². The van der Waals surface area contributed by atoms with E-state index in [1.54, 1.807) is 0 Å². The van der Waals surface area contributed by atoms with Crippen molar-refractivity contribution < 1.29 is 0 Å². The average Bonchev–Trinajstić information content (AvgIpc) is 1.49. The maximum atomic E-state index is 2.61. The summed E-state index contributed by atoms with van der Waals surface area (Å²) in [7, 11) is 0. The van der Waals surface area contributed by atoms with E-state index in [0.29, 0.717) is 0 Å². The highest BCUT2D eigenvalue weighted by Gasteiger charge is 2.32. The van der Waals surface area contributed by atoms with Gasteiger partial charge in [-0.25, -0.2) is 0 Å². The van der Waals surface area contributed by atoms with Gasteiger partial charge in [-0.05, 0) is 132 Å². The predicted molar refractivity (Wildman–Crippen MR) is 431 cm³/mol. The van der Waals surface area contributed by atoms with Gasteiger partial charge in [0.2, 0.25) is 0 Å². The van der Waals surface area contributed by atoms with E-state index >= 15 is 0 Å². The molecule has 6 heteroatoms. The minimum absolute atomic E-state index is 1.10. The zero-order valence-corrected chi connectivity index (χ0v) is 55.5. The lowest BCUT2D eigenvalue weighted by Crippen LogP contribution is -2.09. The van der Waals surface area contributed by atoms with Crippen LogP contribution >= 0.6 is 0 Å². The van der Waals surface area contributed by atoms with Crippen molar-refractivity contribution in [1.29, 1.82) is 0 Å². The lowest BCUT2D eigenvalue weighted by atomic mass is 9.89. The number of hydrogen-bond acceptors (Lipinski definition) is 2. The van der Waals surface area contributed by atoms with Gasteiger partial charge in [-0.3, -0.25) is 0 Å². The topological polar surface area (TPSA) is 25.2 Å². The third-order valence-electron chi connectivity index (χ3n) is 21.2. The number of benzene rings is 16. The maximum Gasteiger partial charge on any atom is 0.0634 e. The zero-order valence-electron chi connectivity index (χ0n) is 55.5. The smallest absolute Gasteiger partial charge is 0.0634 e. The van der Waals surface area contributed by atoms with Gasteiger partial charge in [-0.1, -0.05) is 255 Å². The second-order valence-corrected chi connectivity index (χ2v) is 26.7. The number of para-hydroxylation sites is 10. The minimum atomic E-state index is 1.10. The molecule has 22 rings (SSSR count). The summed E-state index contributed by atoms with van der Waals surface area (Å²) >= 11 is 0. The average molecular weight is 1300 g/mol. The van der Waals surface area contributed by atoms with Crippen molar-refractivity contribution in [1.82, 2.24) is 17.9 Å². The molecule has 102 heavy (non-hydrogen) atoms. The Kier molecular flexibility index (Phi) is 12.9. The van der Waals surface area contributed by atoms with Crippen LogP contribution in [-0.4, -0.2) is 17.9 Å². The first-order valence-electron chi connectivity index (χ1n) is 35.1. The van der Waals surface area contributed by atoms with Gasteiger partial charge in [0, 0.05) is 121 Å². The maximum absolute atomic E-state index is 2.61. The molecule has 0 unspecified atom stereocenters. The van der Waals surface area contributed by atoms with E-state index in [9.17, 15) is 0 Å². The number of hydrogen-bond donors (Lipinski definition) is 0. The van der Waals surface area contributed by atoms with Crippen LogP contribution < -0.4 is 9.80 Å². The molecule has 0 aliphatic carbocycles. The highest BCUT2D eigenvalue weighted by atomic mass is 15.2.